The third-order valence-corrected chi connectivity index (χ3v) is 4.46. The first-order valence-corrected chi connectivity index (χ1v) is 7.90. The monoisotopic (exact) mass is 318 g/mol. The number of nitrogen functional groups attached to an aromatic ring is 1. The largest absolute Gasteiger partial charge is 0.507 e. The van der Waals surface area contributed by atoms with Crippen LogP contribution in [-0.2, 0) is 6.54 Å². The summed E-state index contributed by atoms with van der Waals surface area (Å²) in [4.78, 5) is 0. The summed E-state index contributed by atoms with van der Waals surface area (Å²) >= 11 is 0. The van der Waals surface area contributed by atoms with Gasteiger partial charge in [-0.15, -0.1) is 0 Å². The van der Waals surface area contributed by atoms with Crippen molar-refractivity contribution in [3.8, 4) is 16.9 Å². The average molecular weight is 318 g/mol. The minimum atomic E-state index is 0.0596. The van der Waals surface area contributed by atoms with Gasteiger partial charge in [-0.1, -0.05) is 36.4 Å². The highest BCUT2D eigenvalue weighted by Crippen LogP contribution is 2.38. The zero-order chi connectivity index (χ0) is 16.7. The van der Waals surface area contributed by atoms with E-state index in [0.29, 0.717) is 17.8 Å². The molecule has 0 saturated carbocycles. The number of para-hydroxylation sites is 2. The molecular weight excluding hydrogens is 300 g/mol. The first-order chi connectivity index (χ1) is 11.7. The lowest BCUT2D eigenvalue weighted by Gasteiger charge is -2.10. The van der Waals surface area contributed by atoms with Crippen LogP contribution in [-0.4, -0.2) is 21.4 Å². The third-order valence-electron chi connectivity index (χ3n) is 4.46. The molecule has 4 aromatic rings. The number of phenolic OH excluding ortho intramolecular Hbond substituents is 1. The van der Waals surface area contributed by atoms with Crippen molar-refractivity contribution in [1.82, 2.24) is 4.57 Å². The molecule has 0 unspecified atom stereocenters. The van der Waals surface area contributed by atoms with E-state index in [4.69, 9.17) is 5.73 Å². The van der Waals surface area contributed by atoms with Crippen molar-refractivity contribution >= 4 is 27.5 Å². The minimum Gasteiger partial charge on any atom is -0.507 e. The van der Waals surface area contributed by atoms with Crippen LogP contribution in [0.2, 0.25) is 0 Å². The quantitative estimate of drug-likeness (QED) is 0.504. The lowest BCUT2D eigenvalue weighted by molar-refractivity contribution is 0.280. The molecule has 0 saturated heterocycles. The first-order valence-electron chi connectivity index (χ1n) is 7.90. The second-order valence-electron chi connectivity index (χ2n) is 5.87. The zero-order valence-electron chi connectivity index (χ0n) is 13.1. The van der Waals surface area contributed by atoms with E-state index >= 15 is 0 Å². The van der Waals surface area contributed by atoms with Crippen LogP contribution in [0.3, 0.4) is 0 Å². The molecule has 0 aliphatic carbocycles. The number of fused-ring (bicyclic) bond motifs is 3. The van der Waals surface area contributed by atoms with E-state index < -0.39 is 0 Å². The van der Waals surface area contributed by atoms with Crippen LogP contribution in [0, 0.1) is 0 Å². The third kappa shape index (κ3) is 2.12. The second-order valence-corrected chi connectivity index (χ2v) is 5.87. The van der Waals surface area contributed by atoms with Gasteiger partial charge in [-0.3, -0.25) is 0 Å². The van der Waals surface area contributed by atoms with E-state index in [9.17, 15) is 10.2 Å². The molecule has 4 rings (SSSR count). The van der Waals surface area contributed by atoms with E-state index in [1.54, 1.807) is 12.1 Å². The molecule has 0 radical (unpaired) electrons. The Hall–Kier alpha value is -2.98. The van der Waals surface area contributed by atoms with Gasteiger partial charge in [0.1, 0.15) is 5.75 Å². The number of benzene rings is 3. The van der Waals surface area contributed by atoms with Gasteiger partial charge in [0.2, 0.25) is 0 Å². The van der Waals surface area contributed by atoms with E-state index in [-0.39, 0.29) is 12.4 Å². The van der Waals surface area contributed by atoms with Crippen molar-refractivity contribution in [1.29, 1.82) is 0 Å². The van der Waals surface area contributed by atoms with Crippen LogP contribution in [0.25, 0.3) is 32.9 Å². The molecule has 1 aromatic heterocycles. The zero-order valence-corrected chi connectivity index (χ0v) is 13.1. The molecule has 0 aliphatic heterocycles. The van der Waals surface area contributed by atoms with Crippen LogP contribution < -0.4 is 5.73 Å². The van der Waals surface area contributed by atoms with Gasteiger partial charge in [0.25, 0.3) is 0 Å². The van der Waals surface area contributed by atoms with Gasteiger partial charge in [0.15, 0.2) is 0 Å². The van der Waals surface area contributed by atoms with Gasteiger partial charge >= 0.3 is 0 Å². The summed E-state index contributed by atoms with van der Waals surface area (Å²) in [7, 11) is 0. The highest BCUT2D eigenvalue weighted by atomic mass is 16.3. The minimum absolute atomic E-state index is 0.0596. The maximum Gasteiger partial charge on any atom is 0.123 e. The summed E-state index contributed by atoms with van der Waals surface area (Å²) in [6.45, 7) is 0.568. The molecule has 0 spiro atoms. The number of nitrogens with zero attached hydrogens (tertiary/aromatic N) is 1. The predicted molar refractivity (Wildman–Crippen MR) is 98.0 cm³/mol. The SMILES string of the molecule is Nc1cc2c3ccccc3n(CCO)c2cc1-c1ccccc1O. The smallest absolute Gasteiger partial charge is 0.123 e. The highest BCUT2D eigenvalue weighted by molar-refractivity contribution is 6.11. The molecule has 24 heavy (non-hydrogen) atoms. The second kappa shape index (κ2) is 5.58. The molecule has 0 fully saturated rings. The summed E-state index contributed by atoms with van der Waals surface area (Å²) in [6.07, 6.45) is 0. The molecule has 4 N–H and O–H groups in total. The molecule has 4 heteroatoms. The summed E-state index contributed by atoms with van der Waals surface area (Å²) < 4.78 is 2.09. The van der Waals surface area contributed by atoms with Crippen molar-refractivity contribution < 1.29 is 10.2 Å². The Bertz CT molecular complexity index is 1050. The van der Waals surface area contributed by atoms with E-state index in [2.05, 4.69) is 10.6 Å². The molecule has 0 amide bonds. The number of nitrogens with two attached hydrogens (primary N) is 1. The molecular formula is C20H18N2O2. The van der Waals surface area contributed by atoms with Crippen LogP contribution >= 0.6 is 0 Å². The van der Waals surface area contributed by atoms with Crippen molar-refractivity contribution in [3.05, 3.63) is 60.7 Å². The Morgan fingerprint density at radius 1 is 0.833 bits per heavy atom. The van der Waals surface area contributed by atoms with Crippen LogP contribution in [0.5, 0.6) is 5.75 Å². The fourth-order valence-electron chi connectivity index (χ4n) is 3.39. The molecule has 0 bridgehead atoms. The van der Waals surface area contributed by atoms with Gasteiger partial charge in [0, 0.05) is 45.2 Å². The van der Waals surface area contributed by atoms with Crippen LogP contribution in [0.15, 0.2) is 60.7 Å². The maximum absolute atomic E-state index is 10.2. The Kier molecular flexibility index (Phi) is 3.40. The maximum atomic E-state index is 10.2. The van der Waals surface area contributed by atoms with Gasteiger partial charge in [0.05, 0.1) is 6.61 Å². The summed E-state index contributed by atoms with van der Waals surface area (Å²) in [6, 6.07) is 19.2. The number of aliphatic hydroxyl groups excluding tert-OH is 1. The van der Waals surface area contributed by atoms with Crippen molar-refractivity contribution in [2.75, 3.05) is 12.3 Å². The van der Waals surface area contributed by atoms with E-state index in [1.165, 1.54) is 0 Å². The van der Waals surface area contributed by atoms with E-state index in [1.807, 2.05) is 42.5 Å². The molecule has 1 heterocycles. The number of hydrogen-bond acceptors (Lipinski definition) is 3. The van der Waals surface area contributed by atoms with Crippen LogP contribution in [0.4, 0.5) is 5.69 Å². The lowest BCUT2D eigenvalue weighted by atomic mass is 10.0. The van der Waals surface area contributed by atoms with Gasteiger partial charge in [-0.25, -0.2) is 0 Å². The van der Waals surface area contributed by atoms with Crippen molar-refractivity contribution in [2.24, 2.45) is 0 Å². The number of rotatable bonds is 3. The molecule has 0 atom stereocenters. The highest BCUT2D eigenvalue weighted by Gasteiger charge is 2.15. The molecule has 3 aromatic carbocycles. The Balaban J connectivity index is 2.09. The normalized spacial score (nSPS) is 11.4. The Morgan fingerprint density at radius 3 is 2.38 bits per heavy atom. The topological polar surface area (TPSA) is 71.4 Å². The van der Waals surface area contributed by atoms with Gasteiger partial charge in [-0.05, 0) is 24.3 Å². The van der Waals surface area contributed by atoms with Gasteiger partial charge < -0.3 is 20.5 Å². The number of aromatic hydroxyl groups is 1. The van der Waals surface area contributed by atoms with Crippen LogP contribution in [0.1, 0.15) is 0 Å². The number of aromatic nitrogens is 1. The molecule has 0 aliphatic rings. The molecule has 120 valence electrons. The summed E-state index contributed by atoms with van der Waals surface area (Å²) in [5.41, 5.74) is 10.5. The average Bonchev–Trinajstić information content (AvgIpc) is 2.89. The lowest BCUT2D eigenvalue weighted by Crippen LogP contribution is -2.01. The van der Waals surface area contributed by atoms with Gasteiger partial charge in [-0.2, -0.15) is 0 Å². The first kappa shape index (κ1) is 14.6. The summed E-state index contributed by atoms with van der Waals surface area (Å²) in [5, 5.41) is 21.8. The molecule has 4 nitrogen and oxygen atoms in total. The fourth-order valence-corrected chi connectivity index (χ4v) is 3.39. The van der Waals surface area contributed by atoms with E-state index in [0.717, 1.165) is 27.4 Å². The number of phenols is 1. The number of aliphatic hydroxyl groups is 1. The summed E-state index contributed by atoms with van der Waals surface area (Å²) in [5.74, 6) is 0.202. The Labute approximate surface area is 139 Å². The fraction of sp³-hybridized carbons (Fsp3) is 0.100. The van der Waals surface area contributed by atoms with Crippen molar-refractivity contribution in [2.45, 2.75) is 6.54 Å². The standard InChI is InChI=1S/C20H18N2O2/c21-17-11-16-13-5-1-3-7-18(13)22(9-10-23)19(16)12-15(17)14-6-2-4-8-20(14)24/h1-8,11-12,23-24H,9-10,21H2. The number of hydrogen-bond donors (Lipinski definition) is 3. The Morgan fingerprint density at radius 2 is 1.58 bits per heavy atom. The predicted octanol–water partition coefficient (Wildman–Crippen LogP) is 3.74. The van der Waals surface area contributed by atoms with Crippen molar-refractivity contribution in [3.63, 3.8) is 0 Å². The number of anilines is 1.